The Bertz CT molecular complexity index is 1000. The van der Waals surface area contributed by atoms with E-state index in [-0.39, 0.29) is 28.9 Å². The molecule has 168 valence electrons. The maximum absolute atomic E-state index is 13.7. The number of carbonyl (C=O) groups is 2. The van der Waals surface area contributed by atoms with E-state index in [1.807, 2.05) is 0 Å². The molecule has 3 aliphatic rings. The van der Waals surface area contributed by atoms with E-state index < -0.39 is 65.0 Å². The number of primary amides is 1. The Labute approximate surface area is 179 Å². The highest BCUT2D eigenvalue weighted by atomic mass is 16.3. The molecule has 0 aromatic heterocycles. The molecule has 7 atom stereocenters. The zero-order valence-corrected chi connectivity index (χ0v) is 17.6. The Morgan fingerprint density at radius 1 is 1.23 bits per heavy atom. The Morgan fingerprint density at radius 2 is 1.87 bits per heavy atom. The lowest BCUT2D eigenvalue weighted by Gasteiger charge is -2.56. The van der Waals surface area contributed by atoms with Crippen molar-refractivity contribution in [1.29, 1.82) is 0 Å². The summed E-state index contributed by atoms with van der Waals surface area (Å²) in [5.74, 6) is -5.34. The number of phenols is 1. The summed E-state index contributed by atoms with van der Waals surface area (Å²) in [5, 5.41) is 55.2. The molecule has 0 radical (unpaired) electrons. The van der Waals surface area contributed by atoms with E-state index in [1.165, 1.54) is 19.1 Å². The van der Waals surface area contributed by atoms with Crippen LogP contribution in [0.25, 0.3) is 5.76 Å². The van der Waals surface area contributed by atoms with Gasteiger partial charge in [-0.3, -0.25) is 9.59 Å². The summed E-state index contributed by atoms with van der Waals surface area (Å²) in [6.07, 6.45) is -1.54. The van der Waals surface area contributed by atoms with Crippen LogP contribution < -0.4 is 5.73 Å². The SMILES string of the molecule is CN(C)[C@@H]1C(O)C(C(N)=O)C[C@@]2(O)C(=O)C3=C(O)c4c(O)cccc4[C@@](C)(O)C3CC12. The number of fused-ring (bicyclic) bond motifs is 3. The largest absolute Gasteiger partial charge is 0.507 e. The molecule has 9 heteroatoms. The summed E-state index contributed by atoms with van der Waals surface area (Å²) in [5.41, 5.74) is 1.78. The second-order valence-corrected chi connectivity index (χ2v) is 9.42. The van der Waals surface area contributed by atoms with E-state index in [0.29, 0.717) is 0 Å². The summed E-state index contributed by atoms with van der Waals surface area (Å²) in [6.45, 7) is 1.50. The van der Waals surface area contributed by atoms with Crippen LogP contribution in [0.4, 0.5) is 0 Å². The smallest absolute Gasteiger partial charge is 0.223 e. The van der Waals surface area contributed by atoms with Crippen molar-refractivity contribution in [1.82, 2.24) is 4.90 Å². The molecule has 1 aromatic rings. The van der Waals surface area contributed by atoms with Gasteiger partial charge in [0.05, 0.1) is 23.2 Å². The number of phenolic OH excluding ortho intramolecular Hbond substituents is 1. The van der Waals surface area contributed by atoms with Crippen LogP contribution in [0.1, 0.15) is 30.9 Å². The first kappa shape index (κ1) is 21.8. The Hall–Kier alpha value is -2.46. The van der Waals surface area contributed by atoms with Crippen LogP contribution in [0.15, 0.2) is 23.8 Å². The molecule has 4 unspecified atom stereocenters. The molecule has 0 bridgehead atoms. The highest BCUT2D eigenvalue weighted by Crippen LogP contribution is 2.57. The van der Waals surface area contributed by atoms with E-state index in [0.717, 1.165) is 0 Å². The van der Waals surface area contributed by atoms with Crippen LogP contribution in [0.2, 0.25) is 0 Å². The number of aliphatic hydroxyl groups is 4. The van der Waals surface area contributed by atoms with Crippen molar-refractivity contribution in [2.75, 3.05) is 14.1 Å². The van der Waals surface area contributed by atoms with Crippen LogP contribution in [0, 0.1) is 17.8 Å². The fourth-order valence-corrected chi connectivity index (χ4v) is 5.98. The number of nitrogens with two attached hydrogens (primary N) is 1. The first-order chi connectivity index (χ1) is 14.3. The molecule has 1 amide bonds. The number of ketones is 1. The van der Waals surface area contributed by atoms with Crippen LogP contribution in [-0.4, -0.2) is 74.0 Å². The van der Waals surface area contributed by atoms with Gasteiger partial charge in [0, 0.05) is 23.5 Å². The maximum Gasteiger partial charge on any atom is 0.223 e. The summed E-state index contributed by atoms with van der Waals surface area (Å²) >= 11 is 0. The zero-order valence-electron chi connectivity index (χ0n) is 17.6. The average Bonchev–Trinajstić information content (AvgIpc) is 2.67. The van der Waals surface area contributed by atoms with Gasteiger partial charge in [-0.15, -0.1) is 0 Å². The maximum atomic E-state index is 13.7. The standard InChI is InChI=1S/C22H28N2O7/c1-21(30)10-5-4-6-13(25)14(10)18(27)15-11(21)7-12-16(24(2)3)17(26)9(20(23)29)8-22(12,31)19(15)28/h4-6,9,11-12,16-17,25-27,30-31H,7-8H2,1-3H3,(H2,23,29)/t9?,11?,12?,16-,17?,21+,22-/m0/s1. The first-order valence-corrected chi connectivity index (χ1v) is 10.2. The van der Waals surface area contributed by atoms with E-state index in [1.54, 1.807) is 25.1 Å². The number of Topliss-reactive ketones (excluding diaryl/α,β-unsaturated/α-hetero) is 1. The molecule has 3 aliphatic carbocycles. The quantitative estimate of drug-likeness (QED) is 0.368. The molecule has 4 rings (SSSR count). The van der Waals surface area contributed by atoms with Gasteiger partial charge >= 0.3 is 0 Å². The molecule has 31 heavy (non-hydrogen) atoms. The highest BCUT2D eigenvalue weighted by Gasteiger charge is 2.65. The van der Waals surface area contributed by atoms with Crippen molar-refractivity contribution in [2.45, 2.75) is 43.1 Å². The average molecular weight is 432 g/mol. The van der Waals surface area contributed by atoms with Gasteiger partial charge in [0.1, 0.15) is 17.1 Å². The van der Waals surface area contributed by atoms with Gasteiger partial charge in [0.15, 0.2) is 5.78 Å². The molecule has 0 heterocycles. The van der Waals surface area contributed by atoms with Crippen molar-refractivity contribution in [3.63, 3.8) is 0 Å². The molecular formula is C22H28N2O7. The monoisotopic (exact) mass is 432 g/mol. The first-order valence-electron chi connectivity index (χ1n) is 10.2. The lowest BCUT2D eigenvalue weighted by Crippen LogP contribution is -2.69. The summed E-state index contributed by atoms with van der Waals surface area (Å²) < 4.78 is 0. The lowest BCUT2D eigenvalue weighted by molar-refractivity contribution is -0.183. The van der Waals surface area contributed by atoms with Crippen molar-refractivity contribution in [3.05, 3.63) is 34.9 Å². The highest BCUT2D eigenvalue weighted by molar-refractivity contribution is 6.09. The molecule has 0 spiro atoms. The number of benzene rings is 1. The summed E-state index contributed by atoms with van der Waals surface area (Å²) in [6, 6.07) is 3.64. The van der Waals surface area contributed by atoms with Crippen molar-refractivity contribution in [3.8, 4) is 5.75 Å². The minimum absolute atomic E-state index is 0.0550. The minimum Gasteiger partial charge on any atom is -0.507 e. The van der Waals surface area contributed by atoms with Crippen molar-refractivity contribution >= 4 is 17.4 Å². The molecule has 0 saturated heterocycles. The normalized spacial score (nSPS) is 39.7. The number of hydrogen-bond acceptors (Lipinski definition) is 8. The third-order valence-corrected chi connectivity index (χ3v) is 7.51. The Morgan fingerprint density at radius 3 is 2.45 bits per heavy atom. The van der Waals surface area contributed by atoms with Crippen LogP contribution in [0.3, 0.4) is 0 Å². The molecule has 0 aliphatic heterocycles. The number of aromatic hydroxyl groups is 1. The van der Waals surface area contributed by atoms with Crippen LogP contribution in [0.5, 0.6) is 5.75 Å². The third-order valence-electron chi connectivity index (χ3n) is 7.51. The number of amides is 1. The number of hydrogen-bond donors (Lipinski definition) is 6. The van der Waals surface area contributed by atoms with E-state index in [9.17, 15) is 35.1 Å². The van der Waals surface area contributed by atoms with Gasteiger partial charge in [-0.05, 0) is 45.5 Å². The van der Waals surface area contributed by atoms with Gasteiger partial charge in [-0.25, -0.2) is 0 Å². The molecule has 1 aromatic carbocycles. The van der Waals surface area contributed by atoms with Gasteiger partial charge in [-0.1, -0.05) is 12.1 Å². The zero-order chi connectivity index (χ0) is 23.0. The minimum atomic E-state index is -2.08. The number of carbonyl (C=O) groups excluding carboxylic acids is 2. The topological polar surface area (TPSA) is 165 Å². The summed E-state index contributed by atoms with van der Waals surface area (Å²) in [7, 11) is 3.33. The Balaban J connectivity index is 1.94. The molecule has 9 nitrogen and oxygen atoms in total. The fourth-order valence-electron chi connectivity index (χ4n) is 5.98. The van der Waals surface area contributed by atoms with Crippen LogP contribution in [-0.2, 0) is 15.2 Å². The second-order valence-electron chi connectivity index (χ2n) is 9.42. The van der Waals surface area contributed by atoms with Crippen LogP contribution >= 0.6 is 0 Å². The number of aliphatic hydroxyl groups excluding tert-OH is 2. The molecule has 2 fully saturated rings. The van der Waals surface area contributed by atoms with E-state index in [2.05, 4.69) is 0 Å². The van der Waals surface area contributed by atoms with Gasteiger partial charge in [-0.2, -0.15) is 0 Å². The number of likely N-dealkylation sites (N-methyl/N-ethyl adjacent to an activating group) is 1. The van der Waals surface area contributed by atoms with Gasteiger partial charge in [0.25, 0.3) is 0 Å². The summed E-state index contributed by atoms with van der Waals surface area (Å²) in [4.78, 5) is 27.3. The van der Waals surface area contributed by atoms with E-state index in [4.69, 9.17) is 5.73 Å². The van der Waals surface area contributed by atoms with E-state index >= 15 is 0 Å². The number of nitrogens with zero attached hydrogens (tertiary/aromatic N) is 1. The van der Waals surface area contributed by atoms with Crippen molar-refractivity contribution in [2.24, 2.45) is 23.5 Å². The molecule has 2 saturated carbocycles. The molecule has 7 N–H and O–H groups in total. The lowest BCUT2D eigenvalue weighted by atomic mass is 9.52. The third kappa shape index (κ3) is 2.77. The predicted molar refractivity (Wildman–Crippen MR) is 110 cm³/mol. The Kier molecular flexibility index (Phi) is 4.75. The molecular weight excluding hydrogens is 404 g/mol. The predicted octanol–water partition coefficient (Wildman–Crippen LogP) is -0.385. The van der Waals surface area contributed by atoms with Gasteiger partial charge in [0.2, 0.25) is 5.91 Å². The second kappa shape index (κ2) is 6.77. The van der Waals surface area contributed by atoms with Gasteiger partial charge < -0.3 is 36.2 Å². The number of rotatable bonds is 2. The van der Waals surface area contributed by atoms with Crippen molar-refractivity contribution < 1.29 is 35.1 Å². The fraction of sp³-hybridized carbons (Fsp3) is 0.545.